The quantitative estimate of drug-likeness (QED) is 0.299. The molecule has 3 unspecified atom stereocenters. The zero-order chi connectivity index (χ0) is 20.4. The fourth-order valence-corrected chi connectivity index (χ4v) is 5.89. The van der Waals surface area contributed by atoms with Gasteiger partial charge in [0.05, 0.1) is 0 Å². The summed E-state index contributed by atoms with van der Waals surface area (Å²) in [5.74, 6) is 0.755. The van der Waals surface area contributed by atoms with Crippen LogP contribution < -0.4 is 5.32 Å². The van der Waals surface area contributed by atoms with Crippen LogP contribution in [0.15, 0.2) is 91.3 Å². The van der Waals surface area contributed by atoms with Crippen molar-refractivity contribution in [2.75, 3.05) is 5.32 Å². The Kier molecular flexibility index (Phi) is 3.50. The number of H-pyrrole nitrogens is 2. The highest BCUT2D eigenvalue weighted by Gasteiger charge is 2.43. The van der Waals surface area contributed by atoms with Gasteiger partial charge in [0.25, 0.3) is 0 Å². The van der Waals surface area contributed by atoms with E-state index in [2.05, 4.69) is 107 Å². The van der Waals surface area contributed by atoms with Crippen molar-refractivity contribution in [3.05, 3.63) is 108 Å². The average molecular weight is 402 g/mol. The topological polar surface area (TPSA) is 43.6 Å². The maximum Gasteiger partial charge on any atom is 0.0460 e. The number of para-hydroxylation sites is 3. The van der Waals surface area contributed by atoms with Crippen molar-refractivity contribution >= 4 is 33.1 Å². The Morgan fingerprint density at radius 3 is 2.29 bits per heavy atom. The molecule has 0 bridgehead atoms. The highest BCUT2D eigenvalue weighted by molar-refractivity contribution is 5.96. The predicted octanol–water partition coefficient (Wildman–Crippen LogP) is 6.80. The van der Waals surface area contributed by atoms with Crippen molar-refractivity contribution in [3.63, 3.8) is 0 Å². The van der Waals surface area contributed by atoms with E-state index in [1.54, 1.807) is 0 Å². The SMILES string of the molecule is C1=C(c2c[nH]c3ccccc23)C2c3ccccc3NC2C(c2c[nH]c3ccccc23)C1. The third kappa shape index (κ3) is 2.40. The molecule has 1 aliphatic heterocycles. The number of aromatic amines is 2. The summed E-state index contributed by atoms with van der Waals surface area (Å²) in [7, 11) is 0. The van der Waals surface area contributed by atoms with Gasteiger partial charge >= 0.3 is 0 Å². The summed E-state index contributed by atoms with van der Waals surface area (Å²) >= 11 is 0. The molecule has 3 aromatic carbocycles. The normalized spacial score (nSPS) is 22.2. The van der Waals surface area contributed by atoms with E-state index in [1.165, 1.54) is 49.8 Å². The van der Waals surface area contributed by atoms with E-state index in [4.69, 9.17) is 0 Å². The second-order valence-electron chi connectivity index (χ2n) is 8.77. The molecule has 2 aromatic heterocycles. The number of fused-ring (bicyclic) bond motifs is 5. The number of aromatic nitrogens is 2. The number of allylic oxidation sites excluding steroid dienone is 1. The van der Waals surface area contributed by atoms with E-state index < -0.39 is 0 Å². The molecular weight excluding hydrogens is 378 g/mol. The van der Waals surface area contributed by atoms with Gasteiger partial charge in [-0.3, -0.25) is 0 Å². The second kappa shape index (κ2) is 6.39. The van der Waals surface area contributed by atoms with Crippen LogP contribution in [0.2, 0.25) is 0 Å². The molecule has 0 radical (unpaired) electrons. The summed E-state index contributed by atoms with van der Waals surface area (Å²) in [6.45, 7) is 0. The molecule has 7 rings (SSSR count). The van der Waals surface area contributed by atoms with Crippen LogP contribution in [0.3, 0.4) is 0 Å². The average Bonchev–Trinajstić information content (AvgIpc) is 3.53. The minimum Gasteiger partial charge on any atom is -0.380 e. The smallest absolute Gasteiger partial charge is 0.0460 e. The third-order valence-electron chi connectivity index (χ3n) is 7.26. The van der Waals surface area contributed by atoms with Crippen LogP contribution in [0, 0.1) is 0 Å². The highest BCUT2D eigenvalue weighted by atomic mass is 15.0. The molecule has 3 heteroatoms. The third-order valence-corrected chi connectivity index (χ3v) is 7.26. The van der Waals surface area contributed by atoms with Crippen LogP contribution in [-0.2, 0) is 0 Å². The number of nitrogens with one attached hydrogen (secondary N) is 3. The standard InChI is InChI=1S/C28H23N3/c1-4-10-24-17(7-1)22(15-29-24)19-13-14-20(23-16-30-25-11-5-2-8-18(23)25)28-27(19)21-9-3-6-12-26(21)31-28/h1-13,15-16,20,27-31H,14H2. The van der Waals surface area contributed by atoms with E-state index >= 15 is 0 Å². The molecule has 0 fully saturated rings. The predicted molar refractivity (Wildman–Crippen MR) is 129 cm³/mol. The molecular formula is C28H23N3. The molecule has 3 N–H and O–H groups in total. The number of rotatable bonds is 2. The van der Waals surface area contributed by atoms with Crippen LogP contribution in [0.4, 0.5) is 5.69 Å². The Hall–Kier alpha value is -3.72. The molecule has 31 heavy (non-hydrogen) atoms. The molecule has 0 saturated heterocycles. The van der Waals surface area contributed by atoms with Gasteiger partial charge in [0.2, 0.25) is 0 Å². The molecule has 2 aliphatic rings. The van der Waals surface area contributed by atoms with Crippen molar-refractivity contribution < 1.29 is 0 Å². The summed E-state index contributed by atoms with van der Waals surface area (Å²) in [5, 5.41) is 6.56. The molecule has 3 heterocycles. The van der Waals surface area contributed by atoms with Crippen LogP contribution in [-0.4, -0.2) is 16.0 Å². The first-order valence-corrected chi connectivity index (χ1v) is 11.1. The number of benzene rings is 3. The minimum atomic E-state index is 0.336. The first-order valence-electron chi connectivity index (χ1n) is 11.1. The van der Waals surface area contributed by atoms with Gasteiger partial charge in [-0.2, -0.15) is 0 Å². The lowest BCUT2D eigenvalue weighted by Gasteiger charge is -2.34. The van der Waals surface area contributed by atoms with Gasteiger partial charge in [0.1, 0.15) is 0 Å². The van der Waals surface area contributed by atoms with Gasteiger partial charge < -0.3 is 15.3 Å². The molecule has 1 aliphatic carbocycles. The maximum atomic E-state index is 3.91. The molecule has 5 aromatic rings. The van der Waals surface area contributed by atoms with Crippen molar-refractivity contribution in [2.45, 2.75) is 24.3 Å². The fourth-order valence-electron chi connectivity index (χ4n) is 5.89. The lowest BCUT2D eigenvalue weighted by Crippen LogP contribution is -2.32. The molecule has 150 valence electrons. The van der Waals surface area contributed by atoms with Crippen molar-refractivity contribution in [3.8, 4) is 0 Å². The second-order valence-corrected chi connectivity index (χ2v) is 8.77. The molecule has 0 saturated carbocycles. The monoisotopic (exact) mass is 401 g/mol. The first kappa shape index (κ1) is 17.0. The van der Waals surface area contributed by atoms with Crippen LogP contribution in [0.5, 0.6) is 0 Å². The zero-order valence-electron chi connectivity index (χ0n) is 17.1. The summed E-state index contributed by atoms with van der Waals surface area (Å²) in [6, 6.07) is 26.5. The number of hydrogen-bond donors (Lipinski definition) is 3. The summed E-state index contributed by atoms with van der Waals surface area (Å²) in [6.07, 6.45) is 7.94. The van der Waals surface area contributed by atoms with Gasteiger partial charge in [-0.15, -0.1) is 0 Å². The fraction of sp³-hybridized carbons (Fsp3) is 0.143. The zero-order valence-corrected chi connectivity index (χ0v) is 17.1. The van der Waals surface area contributed by atoms with E-state index in [-0.39, 0.29) is 0 Å². The van der Waals surface area contributed by atoms with Crippen LogP contribution >= 0.6 is 0 Å². The van der Waals surface area contributed by atoms with Crippen molar-refractivity contribution in [2.24, 2.45) is 0 Å². The summed E-state index contributed by atoms with van der Waals surface area (Å²) in [4.78, 5) is 6.98. The number of anilines is 1. The Bertz CT molecular complexity index is 1470. The molecule has 3 atom stereocenters. The lowest BCUT2D eigenvalue weighted by molar-refractivity contribution is 0.538. The Balaban J connectivity index is 1.42. The maximum absolute atomic E-state index is 3.91. The van der Waals surface area contributed by atoms with E-state index in [0.29, 0.717) is 17.9 Å². The Labute approximate surface area is 180 Å². The summed E-state index contributed by atoms with van der Waals surface area (Å²) < 4.78 is 0. The summed E-state index contributed by atoms with van der Waals surface area (Å²) in [5.41, 5.74) is 9.30. The minimum absolute atomic E-state index is 0.336. The molecule has 3 nitrogen and oxygen atoms in total. The van der Waals surface area contributed by atoms with Gasteiger partial charge in [-0.25, -0.2) is 0 Å². The van der Waals surface area contributed by atoms with Gasteiger partial charge in [-0.05, 0) is 41.3 Å². The van der Waals surface area contributed by atoms with Gasteiger partial charge in [-0.1, -0.05) is 60.7 Å². The largest absolute Gasteiger partial charge is 0.380 e. The van der Waals surface area contributed by atoms with E-state index in [0.717, 1.165) is 6.42 Å². The lowest BCUT2D eigenvalue weighted by atomic mass is 9.71. The van der Waals surface area contributed by atoms with Crippen LogP contribution in [0.25, 0.3) is 27.4 Å². The van der Waals surface area contributed by atoms with Crippen molar-refractivity contribution in [1.29, 1.82) is 0 Å². The molecule has 0 spiro atoms. The van der Waals surface area contributed by atoms with E-state index in [1.807, 2.05) is 0 Å². The number of hydrogen-bond acceptors (Lipinski definition) is 1. The van der Waals surface area contributed by atoms with Gasteiger partial charge in [0, 0.05) is 63.3 Å². The molecule has 0 amide bonds. The van der Waals surface area contributed by atoms with Crippen molar-refractivity contribution in [1.82, 2.24) is 9.97 Å². The van der Waals surface area contributed by atoms with Gasteiger partial charge in [0.15, 0.2) is 0 Å². The Morgan fingerprint density at radius 1 is 0.677 bits per heavy atom. The Morgan fingerprint density at radius 2 is 1.39 bits per heavy atom. The highest BCUT2D eigenvalue weighted by Crippen LogP contribution is 2.53. The van der Waals surface area contributed by atoms with E-state index in [9.17, 15) is 0 Å². The first-order chi connectivity index (χ1) is 15.4. The van der Waals surface area contributed by atoms with Crippen LogP contribution in [0.1, 0.15) is 34.9 Å².